The summed E-state index contributed by atoms with van der Waals surface area (Å²) in [6.45, 7) is 2.61. The molecule has 1 aliphatic heterocycles. The van der Waals surface area contributed by atoms with Gasteiger partial charge in [-0.25, -0.2) is 0 Å². The summed E-state index contributed by atoms with van der Waals surface area (Å²) in [5, 5.41) is 3.32. The quantitative estimate of drug-likeness (QED) is 0.816. The van der Waals surface area contributed by atoms with Crippen LogP contribution >= 0.6 is 0 Å². The molecule has 0 spiro atoms. The Bertz CT molecular complexity index is 459. The molecule has 21 heavy (non-hydrogen) atoms. The number of ether oxygens (including phenoxy) is 1. The Morgan fingerprint density at radius 2 is 1.81 bits per heavy atom. The van der Waals surface area contributed by atoms with Gasteiger partial charge >= 0.3 is 0 Å². The number of nitrogens with one attached hydrogen (secondary N) is 1. The summed E-state index contributed by atoms with van der Waals surface area (Å²) in [7, 11) is 0. The minimum Gasteiger partial charge on any atom is -0.378 e. The van der Waals surface area contributed by atoms with Crippen molar-refractivity contribution in [3.8, 4) is 0 Å². The SMILES string of the molecule is O=C(CCOC1CCNCC1)c1ccc(C2CCC2)cc1. The third kappa shape index (κ3) is 3.92. The molecule has 2 fully saturated rings. The second-order valence-corrected chi connectivity index (χ2v) is 6.24. The van der Waals surface area contributed by atoms with Crippen molar-refractivity contribution in [3.05, 3.63) is 35.4 Å². The van der Waals surface area contributed by atoms with Crippen LogP contribution in [0.1, 0.15) is 60.4 Å². The number of benzene rings is 1. The number of ketones is 1. The second kappa shape index (κ2) is 7.19. The predicted octanol–water partition coefficient (Wildman–Crippen LogP) is 3.30. The molecule has 1 aliphatic carbocycles. The largest absolute Gasteiger partial charge is 0.378 e. The number of carbonyl (C=O) groups is 1. The molecule has 1 heterocycles. The number of Topliss-reactive ketones (excluding diaryl/α,β-unsaturated/α-hetero) is 1. The van der Waals surface area contributed by atoms with Crippen LogP contribution in [0.2, 0.25) is 0 Å². The Kier molecular flexibility index (Phi) is 5.04. The highest BCUT2D eigenvalue weighted by atomic mass is 16.5. The normalized spacial score (nSPS) is 20.2. The van der Waals surface area contributed by atoms with E-state index >= 15 is 0 Å². The minimum absolute atomic E-state index is 0.198. The van der Waals surface area contributed by atoms with Gasteiger partial charge in [0.25, 0.3) is 0 Å². The van der Waals surface area contributed by atoms with Crippen molar-refractivity contribution in [2.45, 2.75) is 50.5 Å². The van der Waals surface area contributed by atoms with Crippen LogP contribution in [0.25, 0.3) is 0 Å². The summed E-state index contributed by atoms with van der Waals surface area (Å²) in [6, 6.07) is 8.23. The number of hydrogen-bond donors (Lipinski definition) is 1. The fourth-order valence-corrected chi connectivity index (χ4v) is 3.11. The van der Waals surface area contributed by atoms with Gasteiger partial charge < -0.3 is 10.1 Å². The number of carbonyl (C=O) groups excluding carboxylic acids is 1. The van der Waals surface area contributed by atoms with E-state index in [0.29, 0.717) is 19.1 Å². The molecule has 3 heteroatoms. The van der Waals surface area contributed by atoms with Crippen LogP contribution in [-0.2, 0) is 4.74 Å². The van der Waals surface area contributed by atoms with Gasteiger partial charge in [0.2, 0.25) is 0 Å². The second-order valence-electron chi connectivity index (χ2n) is 6.24. The Hall–Kier alpha value is -1.19. The van der Waals surface area contributed by atoms with Crippen molar-refractivity contribution in [1.82, 2.24) is 5.32 Å². The van der Waals surface area contributed by atoms with Gasteiger partial charge in [0.1, 0.15) is 0 Å². The van der Waals surface area contributed by atoms with Crippen LogP contribution in [-0.4, -0.2) is 31.6 Å². The van der Waals surface area contributed by atoms with E-state index in [4.69, 9.17) is 4.74 Å². The molecule has 0 atom stereocenters. The lowest BCUT2D eigenvalue weighted by Gasteiger charge is -2.25. The summed E-state index contributed by atoms with van der Waals surface area (Å²) in [5.41, 5.74) is 2.22. The molecule has 0 amide bonds. The minimum atomic E-state index is 0.198. The van der Waals surface area contributed by atoms with Crippen molar-refractivity contribution >= 4 is 5.78 Å². The van der Waals surface area contributed by atoms with Crippen molar-refractivity contribution in [2.24, 2.45) is 0 Å². The van der Waals surface area contributed by atoms with Gasteiger partial charge in [0, 0.05) is 12.0 Å². The standard InChI is InChI=1S/C18H25NO2/c20-18(10-13-21-17-8-11-19-12-9-17)16-6-4-15(5-7-16)14-2-1-3-14/h4-7,14,17,19H,1-3,8-13H2. The molecule has 0 radical (unpaired) electrons. The molecule has 0 aromatic heterocycles. The van der Waals surface area contributed by atoms with E-state index in [2.05, 4.69) is 17.4 Å². The highest BCUT2D eigenvalue weighted by molar-refractivity contribution is 5.96. The number of rotatable bonds is 6. The Morgan fingerprint density at radius 3 is 2.43 bits per heavy atom. The first-order valence-electron chi connectivity index (χ1n) is 8.28. The topological polar surface area (TPSA) is 38.3 Å². The van der Waals surface area contributed by atoms with Crippen LogP contribution in [0.15, 0.2) is 24.3 Å². The summed E-state index contributed by atoms with van der Waals surface area (Å²) >= 11 is 0. The van der Waals surface area contributed by atoms with Crippen molar-refractivity contribution in [3.63, 3.8) is 0 Å². The zero-order valence-corrected chi connectivity index (χ0v) is 12.6. The molecule has 1 aromatic rings. The Morgan fingerprint density at radius 1 is 1.10 bits per heavy atom. The first-order chi connectivity index (χ1) is 10.3. The molecule has 114 valence electrons. The van der Waals surface area contributed by atoms with Crippen LogP contribution in [0.4, 0.5) is 0 Å². The zero-order chi connectivity index (χ0) is 14.5. The monoisotopic (exact) mass is 287 g/mol. The van der Waals surface area contributed by atoms with Gasteiger partial charge in [-0.1, -0.05) is 30.7 Å². The Labute approximate surface area is 127 Å². The first-order valence-corrected chi connectivity index (χ1v) is 8.28. The average molecular weight is 287 g/mol. The van der Waals surface area contributed by atoms with Crippen LogP contribution in [0, 0.1) is 0 Å². The van der Waals surface area contributed by atoms with E-state index in [1.807, 2.05) is 12.1 Å². The molecular formula is C18H25NO2. The third-order valence-electron chi connectivity index (χ3n) is 4.78. The molecule has 1 saturated carbocycles. The molecule has 1 N–H and O–H groups in total. The van der Waals surface area contributed by atoms with Gasteiger partial charge in [0.15, 0.2) is 5.78 Å². The van der Waals surface area contributed by atoms with Crippen LogP contribution in [0.3, 0.4) is 0 Å². The zero-order valence-electron chi connectivity index (χ0n) is 12.6. The number of hydrogen-bond acceptors (Lipinski definition) is 3. The molecule has 0 bridgehead atoms. The lowest BCUT2D eigenvalue weighted by Crippen LogP contribution is -2.32. The molecule has 2 aliphatic rings. The molecule has 3 nitrogen and oxygen atoms in total. The average Bonchev–Trinajstić information content (AvgIpc) is 2.47. The van der Waals surface area contributed by atoms with E-state index in [-0.39, 0.29) is 5.78 Å². The lowest BCUT2D eigenvalue weighted by molar-refractivity contribution is 0.0313. The maximum absolute atomic E-state index is 12.2. The number of piperidine rings is 1. The molecular weight excluding hydrogens is 262 g/mol. The van der Waals surface area contributed by atoms with Crippen LogP contribution < -0.4 is 5.32 Å². The highest BCUT2D eigenvalue weighted by Gasteiger charge is 2.19. The van der Waals surface area contributed by atoms with E-state index in [0.717, 1.165) is 37.4 Å². The smallest absolute Gasteiger partial charge is 0.165 e. The fourth-order valence-electron chi connectivity index (χ4n) is 3.11. The molecule has 0 unspecified atom stereocenters. The van der Waals surface area contributed by atoms with Crippen molar-refractivity contribution < 1.29 is 9.53 Å². The highest BCUT2D eigenvalue weighted by Crippen LogP contribution is 2.36. The van der Waals surface area contributed by atoms with E-state index in [9.17, 15) is 4.79 Å². The summed E-state index contributed by atoms with van der Waals surface area (Å²) in [6.07, 6.45) is 6.90. The summed E-state index contributed by atoms with van der Waals surface area (Å²) in [5.74, 6) is 0.932. The fraction of sp³-hybridized carbons (Fsp3) is 0.611. The third-order valence-corrected chi connectivity index (χ3v) is 4.78. The molecule has 3 rings (SSSR count). The van der Waals surface area contributed by atoms with Crippen molar-refractivity contribution in [1.29, 1.82) is 0 Å². The van der Waals surface area contributed by atoms with Gasteiger partial charge in [-0.3, -0.25) is 4.79 Å². The summed E-state index contributed by atoms with van der Waals surface area (Å²) in [4.78, 5) is 12.2. The van der Waals surface area contributed by atoms with Gasteiger partial charge in [-0.15, -0.1) is 0 Å². The van der Waals surface area contributed by atoms with Gasteiger partial charge in [-0.05, 0) is 50.3 Å². The molecule has 1 saturated heterocycles. The Balaban J connectivity index is 1.43. The van der Waals surface area contributed by atoms with Gasteiger partial charge in [0.05, 0.1) is 12.7 Å². The first kappa shape index (κ1) is 14.7. The molecule has 1 aromatic carbocycles. The van der Waals surface area contributed by atoms with Crippen molar-refractivity contribution in [2.75, 3.05) is 19.7 Å². The van der Waals surface area contributed by atoms with E-state index in [1.165, 1.54) is 24.8 Å². The van der Waals surface area contributed by atoms with Gasteiger partial charge in [-0.2, -0.15) is 0 Å². The van der Waals surface area contributed by atoms with E-state index in [1.54, 1.807) is 0 Å². The lowest BCUT2D eigenvalue weighted by atomic mass is 9.80. The van der Waals surface area contributed by atoms with E-state index < -0.39 is 0 Å². The van der Waals surface area contributed by atoms with Crippen LogP contribution in [0.5, 0.6) is 0 Å². The maximum Gasteiger partial charge on any atom is 0.165 e. The maximum atomic E-state index is 12.2. The summed E-state index contributed by atoms with van der Waals surface area (Å²) < 4.78 is 5.80. The predicted molar refractivity (Wildman–Crippen MR) is 83.8 cm³/mol.